The van der Waals surface area contributed by atoms with Crippen molar-refractivity contribution in [3.63, 3.8) is 0 Å². The van der Waals surface area contributed by atoms with Gasteiger partial charge in [0, 0.05) is 10.0 Å². The molecule has 1 amide bonds. The number of halogens is 1. The van der Waals surface area contributed by atoms with Crippen LogP contribution in [0.5, 0.6) is 11.5 Å². The Morgan fingerprint density at radius 3 is 2.62 bits per heavy atom. The summed E-state index contributed by atoms with van der Waals surface area (Å²) in [5, 5.41) is 6.93. The topological polar surface area (TPSA) is 73.6 Å². The Hall–Kier alpha value is -2.80. The zero-order valence-electron chi connectivity index (χ0n) is 16.8. The Morgan fingerprint density at radius 2 is 1.97 bits per heavy atom. The first kappa shape index (κ1) is 20.9. The number of hydrogen-bond donors (Lipinski definition) is 1. The largest absolute Gasteiger partial charge is 0.493 e. The van der Waals surface area contributed by atoms with Gasteiger partial charge in [-0.15, -0.1) is 0 Å². The molecule has 1 unspecified atom stereocenters. The number of aryl methyl sites for hydroxylation is 2. The molecule has 29 heavy (non-hydrogen) atoms. The van der Waals surface area contributed by atoms with Crippen LogP contribution in [0.1, 0.15) is 45.9 Å². The van der Waals surface area contributed by atoms with Crippen molar-refractivity contribution < 1.29 is 18.8 Å². The van der Waals surface area contributed by atoms with Crippen molar-refractivity contribution >= 4 is 21.8 Å². The standard InChI is InChI=1S/C22H23BrN2O4/c1-13(17-7-5-6-8-19(17)23)24-22(26)16-9-10-20(21(11-16)27-4)28-12-18-14(2)25-29-15(18)3/h5-11,13H,12H2,1-4H3,(H,24,26). The van der Waals surface area contributed by atoms with E-state index >= 15 is 0 Å². The molecule has 1 heterocycles. The maximum atomic E-state index is 12.7. The molecule has 0 aliphatic rings. The number of rotatable bonds is 7. The second kappa shape index (κ2) is 9.13. The highest BCUT2D eigenvalue weighted by atomic mass is 79.9. The SMILES string of the molecule is COc1cc(C(=O)NC(C)c2ccccc2Br)ccc1OCc1c(C)noc1C. The van der Waals surface area contributed by atoms with Crippen LogP contribution in [-0.2, 0) is 6.61 Å². The van der Waals surface area contributed by atoms with E-state index in [9.17, 15) is 4.79 Å². The van der Waals surface area contributed by atoms with E-state index in [-0.39, 0.29) is 11.9 Å². The Morgan fingerprint density at radius 1 is 1.21 bits per heavy atom. The third kappa shape index (κ3) is 4.79. The average Bonchev–Trinajstić information content (AvgIpc) is 3.04. The van der Waals surface area contributed by atoms with Crippen molar-refractivity contribution in [1.29, 1.82) is 0 Å². The van der Waals surface area contributed by atoms with Gasteiger partial charge in [-0.25, -0.2) is 0 Å². The van der Waals surface area contributed by atoms with Crippen molar-refractivity contribution in [3.8, 4) is 11.5 Å². The molecule has 0 saturated carbocycles. The number of carbonyl (C=O) groups excluding carboxylic acids is 1. The van der Waals surface area contributed by atoms with Crippen LogP contribution < -0.4 is 14.8 Å². The van der Waals surface area contributed by atoms with E-state index in [1.54, 1.807) is 25.3 Å². The van der Waals surface area contributed by atoms with Crippen molar-refractivity contribution in [2.24, 2.45) is 0 Å². The number of carbonyl (C=O) groups is 1. The molecule has 152 valence electrons. The van der Waals surface area contributed by atoms with Gasteiger partial charge in [0.1, 0.15) is 12.4 Å². The number of ether oxygens (including phenoxy) is 2. The molecule has 0 aliphatic carbocycles. The minimum absolute atomic E-state index is 0.153. The number of hydrogen-bond acceptors (Lipinski definition) is 5. The first-order valence-electron chi connectivity index (χ1n) is 9.18. The zero-order valence-corrected chi connectivity index (χ0v) is 18.4. The lowest BCUT2D eigenvalue weighted by molar-refractivity contribution is 0.0939. The molecule has 0 aliphatic heterocycles. The number of amides is 1. The molecule has 0 fully saturated rings. The van der Waals surface area contributed by atoms with Gasteiger partial charge in [-0.2, -0.15) is 0 Å². The van der Waals surface area contributed by atoms with E-state index in [4.69, 9.17) is 14.0 Å². The summed E-state index contributed by atoms with van der Waals surface area (Å²) in [5.74, 6) is 1.56. The van der Waals surface area contributed by atoms with E-state index in [0.29, 0.717) is 23.7 Å². The van der Waals surface area contributed by atoms with E-state index < -0.39 is 0 Å². The Kier molecular flexibility index (Phi) is 6.59. The number of benzene rings is 2. The summed E-state index contributed by atoms with van der Waals surface area (Å²) in [7, 11) is 1.55. The summed E-state index contributed by atoms with van der Waals surface area (Å²) in [6.45, 7) is 5.96. The monoisotopic (exact) mass is 458 g/mol. The molecule has 0 spiro atoms. The van der Waals surface area contributed by atoms with Crippen LogP contribution in [0.3, 0.4) is 0 Å². The minimum atomic E-state index is -0.191. The van der Waals surface area contributed by atoms with Gasteiger partial charge in [-0.3, -0.25) is 4.79 Å². The summed E-state index contributed by atoms with van der Waals surface area (Å²) in [5.41, 5.74) is 3.19. The quantitative estimate of drug-likeness (QED) is 0.530. The Bertz CT molecular complexity index is 996. The van der Waals surface area contributed by atoms with Crippen LogP contribution in [-0.4, -0.2) is 18.2 Å². The normalized spacial score (nSPS) is 11.8. The highest BCUT2D eigenvalue weighted by molar-refractivity contribution is 9.10. The zero-order chi connectivity index (χ0) is 21.0. The number of nitrogens with zero attached hydrogens (tertiary/aromatic N) is 1. The van der Waals surface area contributed by atoms with Crippen LogP contribution in [0.15, 0.2) is 51.5 Å². The molecule has 0 saturated heterocycles. The summed E-state index contributed by atoms with van der Waals surface area (Å²) >= 11 is 3.52. The summed E-state index contributed by atoms with van der Waals surface area (Å²) in [6.07, 6.45) is 0. The van der Waals surface area contributed by atoms with Crippen LogP contribution in [0.2, 0.25) is 0 Å². The second-order valence-electron chi connectivity index (χ2n) is 6.67. The van der Waals surface area contributed by atoms with Crippen LogP contribution in [0.25, 0.3) is 0 Å². The van der Waals surface area contributed by atoms with Gasteiger partial charge in [0.05, 0.1) is 24.4 Å². The van der Waals surface area contributed by atoms with Crippen molar-refractivity contribution in [3.05, 3.63) is 75.1 Å². The van der Waals surface area contributed by atoms with Gasteiger partial charge in [0.15, 0.2) is 11.5 Å². The molecular formula is C22H23BrN2O4. The molecule has 6 nitrogen and oxygen atoms in total. The number of nitrogens with one attached hydrogen (secondary N) is 1. The number of aromatic nitrogens is 1. The molecule has 0 radical (unpaired) electrons. The number of methoxy groups -OCH3 is 1. The summed E-state index contributed by atoms with van der Waals surface area (Å²) in [4.78, 5) is 12.7. The predicted molar refractivity (Wildman–Crippen MR) is 113 cm³/mol. The fourth-order valence-corrected chi connectivity index (χ4v) is 3.60. The molecule has 1 atom stereocenters. The molecule has 1 aromatic heterocycles. The van der Waals surface area contributed by atoms with E-state index in [2.05, 4.69) is 26.4 Å². The van der Waals surface area contributed by atoms with E-state index in [0.717, 1.165) is 27.1 Å². The second-order valence-corrected chi connectivity index (χ2v) is 7.53. The molecule has 0 bridgehead atoms. The predicted octanol–water partition coefficient (Wildman–Crippen LogP) is 5.13. The third-order valence-electron chi connectivity index (χ3n) is 4.70. The highest BCUT2D eigenvalue weighted by Crippen LogP contribution is 2.30. The molecule has 3 rings (SSSR count). The summed E-state index contributed by atoms with van der Waals surface area (Å²) in [6, 6.07) is 12.8. The summed E-state index contributed by atoms with van der Waals surface area (Å²) < 4.78 is 17.4. The van der Waals surface area contributed by atoms with E-state index in [1.165, 1.54) is 0 Å². The lowest BCUT2D eigenvalue weighted by atomic mass is 10.1. The van der Waals surface area contributed by atoms with Crippen LogP contribution >= 0.6 is 15.9 Å². The maximum Gasteiger partial charge on any atom is 0.251 e. The van der Waals surface area contributed by atoms with Crippen LogP contribution in [0, 0.1) is 13.8 Å². The first-order chi connectivity index (χ1) is 13.9. The van der Waals surface area contributed by atoms with Crippen molar-refractivity contribution in [2.75, 3.05) is 7.11 Å². The van der Waals surface area contributed by atoms with E-state index in [1.807, 2.05) is 45.0 Å². The van der Waals surface area contributed by atoms with Gasteiger partial charge in [-0.1, -0.05) is 39.3 Å². The molecule has 1 N–H and O–H groups in total. The van der Waals surface area contributed by atoms with Crippen LogP contribution in [0.4, 0.5) is 0 Å². The lowest BCUT2D eigenvalue weighted by Gasteiger charge is -2.17. The van der Waals surface area contributed by atoms with Gasteiger partial charge < -0.3 is 19.3 Å². The minimum Gasteiger partial charge on any atom is -0.493 e. The highest BCUT2D eigenvalue weighted by Gasteiger charge is 2.17. The molecule has 2 aromatic carbocycles. The van der Waals surface area contributed by atoms with Gasteiger partial charge in [-0.05, 0) is 50.6 Å². The van der Waals surface area contributed by atoms with Crippen molar-refractivity contribution in [1.82, 2.24) is 10.5 Å². The molecule has 3 aromatic rings. The van der Waals surface area contributed by atoms with Gasteiger partial charge in [0.2, 0.25) is 0 Å². The fourth-order valence-electron chi connectivity index (χ4n) is 2.97. The maximum absolute atomic E-state index is 12.7. The molecule has 7 heteroatoms. The first-order valence-corrected chi connectivity index (χ1v) is 9.98. The van der Waals surface area contributed by atoms with Crippen molar-refractivity contribution in [2.45, 2.75) is 33.4 Å². The average molecular weight is 459 g/mol. The van der Waals surface area contributed by atoms with Gasteiger partial charge in [0.25, 0.3) is 5.91 Å². The van der Waals surface area contributed by atoms with Gasteiger partial charge >= 0.3 is 0 Å². The lowest BCUT2D eigenvalue weighted by Crippen LogP contribution is -2.26. The third-order valence-corrected chi connectivity index (χ3v) is 5.42. The Balaban J connectivity index is 1.72. The smallest absolute Gasteiger partial charge is 0.251 e. The fraction of sp³-hybridized carbons (Fsp3) is 0.273. The molecular weight excluding hydrogens is 436 g/mol. The Labute approximate surface area is 178 Å².